The van der Waals surface area contributed by atoms with Crippen molar-refractivity contribution < 1.29 is 0 Å². The van der Waals surface area contributed by atoms with E-state index in [1.807, 2.05) is 39.0 Å². The standard InChI is InChI=1S/C15H19N/c1-5-9-12-13(10-6-2)15(11-7-3)16-14(12)8-4/h5-11,16H,4H2,1-3H3/b9-5-,10-6-,11-7-. The Kier molecular flexibility index (Phi) is 4.59. The molecule has 1 N–H and O–H groups in total. The molecule has 1 rings (SSSR count). The van der Waals surface area contributed by atoms with Gasteiger partial charge in [-0.1, -0.05) is 37.0 Å². The van der Waals surface area contributed by atoms with Crippen molar-refractivity contribution in [3.8, 4) is 0 Å². The van der Waals surface area contributed by atoms with Gasteiger partial charge in [0.05, 0.1) is 0 Å². The topological polar surface area (TPSA) is 15.8 Å². The number of aromatic amines is 1. The molecule has 1 heterocycles. The monoisotopic (exact) mass is 213 g/mol. The molecule has 0 atom stereocenters. The SMILES string of the molecule is C=Cc1[nH]c(/C=C\C)c(/C=C\C)c1/C=C\C. The second-order valence-electron chi connectivity index (χ2n) is 3.48. The van der Waals surface area contributed by atoms with Gasteiger partial charge in [-0.25, -0.2) is 0 Å². The molecule has 0 radical (unpaired) electrons. The van der Waals surface area contributed by atoms with Crippen molar-refractivity contribution in [2.75, 3.05) is 0 Å². The van der Waals surface area contributed by atoms with Gasteiger partial charge in [0.25, 0.3) is 0 Å². The highest BCUT2D eigenvalue weighted by molar-refractivity contribution is 5.78. The first-order chi connectivity index (χ1) is 7.78. The van der Waals surface area contributed by atoms with Gasteiger partial charge in [0.1, 0.15) is 0 Å². The van der Waals surface area contributed by atoms with E-state index >= 15 is 0 Å². The highest BCUT2D eigenvalue weighted by Gasteiger charge is 2.08. The summed E-state index contributed by atoms with van der Waals surface area (Å²) in [4.78, 5) is 3.36. The molecule has 0 amide bonds. The van der Waals surface area contributed by atoms with E-state index in [2.05, 4.69) is 35.9 Å². The lowest BCUT2D eigenvalue weighted by molar-refractivity contribution is 1.34. The lowest BCUT2D eigenvalue weighted by Crippen LogP contribution is -1.77. The van der Waals surface area contributed by atoms with Gasteiger partial charge in [-0.2, -0.15) is 0 Å². The Morgan fingerprint density at radius 3 is 1.75 bits per heavy atom. The van der Waals surface area contributed by atoms with E-state index in [1.165, 1.54) is 11.1 Å². The number of rotatable bonds is 4. The summed E-state index contributed by atoms with van der Waals surface area (Å²) in [6.45, 7) is 9.90. The van der Waals surface area contributed by atoms with Crippen LogP contribution < -0.4 is 0 Å². The maximum absolute atomic E-state index is 3.84. The summed E-state index contributed by atoms with van der Waals surface area (Å²) in [7, 11) is 0. The highest BCUT2D eigenvalue weighted by atomic mass is 14.7. The number of aromatic nitrogens is 1. The Bertz CT molecular complexity index is 442. The lowest BCUT2D eigenvalue weighted by atomic mass is 10.1. The van der Waals surface area contributed by atoms with Crippen LogP contribution in [0.1, 0.15) is 43.3 Å². The number of H-pyrrole nitrogens is 1. The largest absolute Gasteiger partial charge is 0.355 e. The molecule has 0 saturated carbocycles. The lowest BCUT2D eigenvalue weighted by Gasteiger charge is -1.95. The molecule has 1 aromatic heterocycles. The van der Waals surface area contributed by atoms with E-state index in [0.717, 1.165) is 11.4 Å². The van der Waals surface area contributed by atoms with E-state index in [1.54, 1.807) is 0 Å². The molecular weight excluding hydrogens is 194 g/mol. The summed E-state index contributed by atoms with van der Waals surface area (Å²) in [6.07, 6.45) is 14.3. The zero-order chi connectivity index (χ0) is 12.0. The quantitative estimate of drug-likeness (QED) is 0.742. The third-order valence-corrected chi connectivity index (χ3v) is 2.34. The summed E-state index contributed by atoms with van der Waals surface area (Å²) < 4.78 is 0. The Morgan fingerprint density at radius 1 is 0.812 bits per heavy atom. The van der Waals surface area contributed by atoms with Gasteiger partial charge in [0.15, 0.2) is 0 Å². The average Bonchev–Trinajstić information content (AvgIpc) is 2.60. The van der Waals surface area contributed by atoms with E-state index in [-0.39, 0.29) is 0 Å². The summed E-state index contributed by atoms with van der Waals surface area (Å²) in [6, 6.07) is 0. The van der Waals surface area contributed by atoms with E-state index in [0.29, 0.717) is 0 Å². The molecule has 16 heavy (non-hydrogen) atoms. The van der Waals surface area contributed by atoms with Crippen LogP contribution in [0.5, 0.6) is 0 Å². The molecule has 0 aliphatic rings. The summed E-state index contributed by atoms with van der Waals surface area (Å²) in [5.41, 5.74) is 4.61. The first kappa shape index (κ1) is 12.3. The Morgan fingerprint density at radius 2 is 1.31 bits per heavy atom. The molecule has 0 fully saturated rings. The van der Waals surface area contributed by atoms with Crippen LogP contribution in [0.4, 0.5) is 0 Å². The zero-order valence-electron chi connectivity index (χ0n) is 10.2. The van der Waals surface area contributed by atoms with Gasteiger partial charge in [-0.15, -0.1) is 0 Å². The van der Waals surface area contributed by atoms with Crippen molar-refractivity contribution in [2.45, 2.75) is 20.8 Å². The second kappa shape index (κ2) is 5.96. The van der Waals surface area contributed by atoms with Gasteiger partial charge in [-0.3, -0.25) is 0 Å². The van der Waals surface area contributed by atoms with Crippen LogP contribution in [-0.2, 0) is 0 Å². The molecule has 0 unspecified atom stereocenters. The van der Waals surface area contributed by atoms with E-state index < -0.39 is 0 Å². The minimum absolute atomic E-state index is 1.07. The number of allylic oxidation sites excluding steroid dienone is 3. The molecule has 0 bridgehead atoms. The maximum Gasteiger partial charge on any atom is 0.0461 e. The second-order valence-corrected chi connectivity index (χ2v) is 3.48. The van der Waals surface area contributed by atoms with Crippen molar-refractivity contribution in [3.63, 3.8) is 0 Å². The van der Waals surface area contributed by atoms with Gasteiger partial charge < -0.3 is 4.98 Å². The van der Waals surface area contributed by atoms with Gasteiger partial charge in [-0.05, 0) is 32.9 Å². The smallest absolute Gasteiger partial charge is 0.0461 e. The molecule has 1 aromatic rings. The third kappa shape index (κ3) is 2.43. The van der Waals surface area contributed by atoms with Crippen LogP contribution in [0.3, 0.4) is 0 Å². The predicted octanol–water partition coefficient (Wildman–Crippen LogP) is 4.76. The molecule has 1 heteroatoms. The minimum atomic E-state index is 1.07. The summed E-state index contributed by atoms with van der Waals surface area (Å²) in [5.74, 6) is 0. The van der Waals surface area contributed by atoms with Gasteiger partial charge >= 0.3 is 0 Å². The Hall–Kier alpha value is -1.76. The van der Waals surface area contributed by atoms with Crippen molar-refractivity contribution >= 4 is 24.3 Å². The highest BCUT2D eigenvalue weighted by Crippen LogP contribution is 2.24. The fourth-order valence-corrected chi connectivity index (χ4v) is 1.72. The van der Waals surface area contributed by atoms with Gasteiger partial charge in [0, 0.05) is 22.5 Å². The molecular formula is C15H19N. The van der Waals surface area contributed by atoms with Crippen LogP contribution in [0.2, 0.25) is 0 Å². The number of nitrogens with one attached hydrogen (secondary N) is 1. The average molecular weight is 213 g/mol. The van der Waals surface area contributed by atoms with Crippen LogP contribution >= 0.6 is 0 Å². The molecule has 0 aliphatic carbocycles. The summed E-state index contributed by atoms with van der Waals surface area (Å²) in [5, 5.41) is 0. The first-order valence-electron chi connectivity index (χ1n) is 5.54. The number of hydrogen-bond donors (Lipinski definition) is 1. The first-order valence-corrected chi connectivity index (χ1v) is 5.54. The fourth-order valence-electron chi connectivity index (χ4n) is 1.72. The van der Waals surface area contributed by atoms with Crippen LogP contribution in [0.15, 0.2) is 24.8 Å². The number of hydrogen-bond acceptors (Lipinski definition) is 0. The molecule has 0 spiro atoms. The fraction of sp³-hybridized carbons (Fsp3) is 0.200. The molecule has 0 aromatic carbocycles. The molecule has 1 nitrogen and oxygen atoms in total. The predicted molar refractivity (Wildman–Crippen MR) is 75.0 cm³/mol. The summed E-state index contributed by atoms with van der Waals surface area (Å²) >= 11 is 0. The van der Waals surface area contributed by atoms with Crippen LogP contribution in [-0.4, -0.2) is 4.98 Å². The normalized spacial score (nSPS) is 12.2. The van der Waals surface area contributed by atoms with E-state index in [4.69, 9.17) is 0 Å². The third-order valence-electron chi connectivity index (χ3n) is 2.34. The zero-order valence-corrected chi connectivity index (χ0v) is 10.2. The molecule has 0 aliphatic heterocycles. The Labute approximate surface area is 97.9 Å². The van der Waals surface area contributed by atoms with Crippen LogP contribution in [0.25, 0.3) is 24.3 Å². The van der Waals surface area contributed by atoms with Crippen molar-refractivity contribution in [3.05, 3.63) is 47.3 Å². The Balaban J connectivity index is 3.46. The van der Waals surface area contributed by atoms with Crippen molar-refractivity contribution in [1.82, 2.24) is 4.98 Å². The van der Waals surface area contributed by atoms with Crippen LogP contribution in [0, 0.1) is 0 Å². The van der Waals surface area contributed by atoms with E-state index in [9.17, 15) is 0 Å². The molecule has 0 saturated heterocycles. The van der Waals surface area contributed by atoms with Gasteiger partial charge in [0.2, 0.25) is 0 Å². The van der Waals surface area contributed by atoms with Crippen molar-refractivity contribution in [2.24, 2.45) is 0 Å². The minimum Gasteiger partial charge on any atom is -0.355 e. The van der Waals surface area contributed by atoms with Crippen molar-refractivity contribution in [1.29, 1.82) is 0 Å². The molecule has 84 valence electrons. The maximum atomic E-state index is 3.84.